The number of nitrogens with zero attached hydrogens (tertiary/aromatic N) is 1. The van der Waals surface area contributed by atoms with Crippen LogP contribution in [-0.4, -0.2) is 0 Å². The van der Waals surface area contributed by atoms with Crippen molar-refractivity contribution in [1.82, 2.24) is 0 Å². The Balaban J connectivity index is 1.03. The van der Waals surface area contributed by atoms with Crippen molar-refractivity contribution in [2.24, 2.45) is 0 Å². The lowest BCUT2D eigenvalue weighted by Crippen LogP contribution is -2.11. The van der Waals surface area contributed by atoms with Crippen LogP contribution in [0.15, 0.2) is 261 Å². The first-order chi connectivity index (χ1) is 30.2. The zero-order chi connectivity index (χ0) is 40.8. The standard InChI is InChI=1S/C60H43N/c1-5-15-44(16-6-1)46-25-27-48(28-26-46)49-33-38-55(39-34-49)61(60-24-14-13-23-58(60)53-31-29-47(30-32-53)45-17-7-2-8-18-45)56-40-35-50(36-41-56)54-37-42-57(51-19-9-3-10-20-51)59(43-54)52-21-11-4-12-22-52/h1-43H. The summed E-state index contributed by atoms with van der Waals surface area (Å²) in [5.74, 6) is 0. The second kappa shape index (κ2) is 17.1. The third kappa shape index (κ3) is 7.93. The second-order valence-electron chi connectivity index (χ2n) is 15.3. The van der Waals surface area contributed by atoms with Crippen LogP contribution in [0.25, 0.3) is 77.9 Å². The first-order valence-electron chi connectivity index (χ1n) is 20.9. The second-order valence-corrected chi connectivity index (χ2v) is 15.3. The fourth-order valence-corrected chi connectivity index (χ4v) is 8.35. The number of hydrogen-bond donors (Lipinski definition) is 0. The molecule has 0 fully saturated rings. The lowest BCUT2D eigenvalue weighted by atomic mass is 9.91. The van der Waals surface area contributed by atoms with Gasteiger partial charge in [-0.3, -0.25) is 0 Å². The van der Waals surface area contributed by atoms with Gasteiger partial charge in [0.05, 0.1) is 5.69 Å². The molecule has 10 aromatic carbocycles. The highest BCUT2D eigenvalue weighted by Crippen LogP contribution is 2.43. The monoisotopic (exact) mass is 777 g/mol. The largest absolute Gasteiger partial charge is 0.310 e. The molecule has 0 spiro atoms. The quantitative estimate of drug-likeness (QED) is 0.134. The first kappa shape index (κ1) is 37.3. The number of hydrogen-bond acceptors (Lipinski definition) is 1. The summed E-state index contributed by atoms with van der Waals surface area (Å²) in [6, 6.07) is 93.9. The van der Waals surface area contributed by atoms with E-state index in [2.05, 4.69) is 266 Å². The van der Waals surface area contributed by atoms with E-state index in [4.69, 9.17) is 0 Å². The summed E-state index contributed by atoms with van der Waals surface area (Å²) in [7, 11) is 0. The minimum Gasteiger partial charge on any atom is -0.310 e. The van der Waals surface area contributed by atoms with E-state index in [1.165, 1.54) is 72.3 Å². The molecule has 0 aromatic heterocycles. The van der Waals surface area contributed by atoms with Crippen LogP contribution in [0, 0.1) is 0 Å². The highest BCUT2D eigenvalue weighted by Gasteiger charge is 2.18. The molecular formula is C60H43N. The third-order valence-electron chi connectivity index (χ3n) is 11.5. The van der Waals surface area contributed by atoms with Gasteiger partial charge in [0.2, 0.25) is 0 Å². The molecule has 0 saturated heterocycles. The highest BCUT2D eigenvalue weighted by molar-refractivity contribution is 5.91. The maximum Gasteiger partial charge on any atom is 0.0540 e. The van der Waals surface area contributed by atoms with Crippen LogP contribution < -0.4 is 4.90 Å². The minimum absolute atomic E-state index is 1.08. The summed E-state index contributed by atoms with van der Waals surface area (Å²) in [6.45, 7) is 0. The minimum atomic E-state index is 1.08. The molecule has 0 aliphatic rings. The number of para-hydroxylation sites is 1. The third-order valence-corrected chi connectivity index (χ3v) is 11.5. The van der Waals surface area contributed by atoms with E-state index in [0.717, 1.165) is 22.6 Å². The fraction of sp³-hybridized carbons (Fsp3) is 0. The van der Waals surface area contributed by atoms with Crippen molar-refractivity contribution in [2.45, 2.75) is 0 Å². The zero-order valence-corrected chi connectivity index (χ0v) is 33.8. The van der Waals surface area contributed by atoms with Crippen molar-refractivity contribution in [3.63, 3.8) is 0 Å². The van der Waals surface area contributed by atoms with Crippen LogP contribution in [0.4, 0.5) is 17.1 Å². The van der Waals surface area contributed by atoms with Crippen molar-refractivity contribution < 1.29 is 0 Å². The summed E-state index contributed by atoms with van der Waals surface area (Å²) < 4.78 is 0. The molecule has 0 N–H and O–H groups in total. The van der Waals surface area contributed by atoms with Gasteiger partial charge in [-0.2, -0.15) is 0 Å². The Morgan fingerprint density at radius 1 is 0.180 bits per heavy atom. The summed E-state index contributed by atoms with van der Waals surface area (Å²) in [5, 5.41) is 0. The summed E-state index contributed by atoms with van der Waals surface area (Å²) >= 11 is 0. The van der Waals surface area contributed by atoms with E-state index in [0.29, 0.717) is 0 Å². The van der Waals surface area contributed by atoms with Gasteiger partial charge in [-0.15, -0.1) is 0 Å². The van der Waals surface area contributed by atoms with Gasteiger partial charge in [0, 0.05) is 16.9 Å². The molecule has 0 saturated carbocycles. The molecule has 0 amide bonds. The van der Waals surface area contributed by atoms with Crippen molar-refractivity contribution in [1.29, 1.82) is 0 Å². The van der Waals surface area contributed by atoms with E-state index in [1.807, 2.05) is 0 Å². The maximum atomic E-state index is 2.39. The van der Waals surface area contributed by atoms with Gasteiger partial charge in [0.1, 0.15) is 0 Å². The van der Waals surface area contributed by atoms with Gasteiger partial charge in [-0.1, -0.05) is 224 Å². The number of rotatable bonds is 10. The van der Waals surface area contributed by atoms with Crippen LogP contribution in [0.3, 0.4) is 0 Å². The Morgan fingerprint density at radius 3 is 0.934 bits per heavy atom. The van der Waals surface area contributed by atoms with Crippen LogP contribution in [-0.2, 0) is 0 Å². The van der Waals surface area contributed by atoms with Crippen molar-refractivity contribution in [2.75, 3.05) is 4.90 Å². The highest BCUT2D eigenvalue weighted by atomic mass is 15.1. The summed E-state index contributed by atoms with van der Waals surface area (Å²) in [5.41, 5.74) is 20.0. The molecule has 1 heteroatoms. The maximum absolute atomic E-state index is 2.39. The van der Waals surface area contributed by atoms with Crippen molar-refractivity contribution in [3.05, 3.63) is 261 Å². The molecule has 10 aromatic rings. The predicted molar refractivity (Wildman–Crippen MR) is 259 cm³/mol. The first-order valence-corrected chi connectivity index (χ1v) is 20.9. The normalized spacial score (nSPS) is 11.0. The molecule has 0 aliphatic carbocycles. The topological polar surface area (TPSA) is 3.24 Å². The molecule has 288 valence electrons. The molecule has 0 radical (unpaired) electrons. The summed E-state index contributed by atoms with van der Waals surface area (Å²) in [4.78, 5) is 2.39. The van der Waals surface area contributed by atoms with Gasteiger partial charge in [0.15, 0.2) is 0 Å². The summed E-state index contributed by atoms with van der Waals surface area (Å²) in [6.07, 6.45) is 0. The lowest BCUT2D eigenvalue weighted by molar-refractivity contribution is 1.28. The molecule has 1 nitrogen and oxygen atoms in total. The molecular weight excluding hydrogens is 735 g/mol. The average molecular weight is 778 g/mol. The van der Waals surface area contributed by atoms with Gasteiger partial charge < -0.3 is 4.90 Å². The van der Waals surface area contributed by atoms with Crippen LogP contribution in [0.5, 0.6) is 0 Å². The Hall–Kier alpha value is -8.00. The van der Waals surface area contributed by atoms with Gasteiger partial charge in [-0.25, -0.2) is 0 Å². The Bertz CT molecular complexity index is 2990. The number of anilines is 3. The van der Waals surface area contributed by atoms with Gasteiger partial charge >= 0.3 is 0 Å². The van der Waals surface area contributed by atoms with E-state index in [-0.39, 0.29) is 0 Å². The molecule has 0 heterocycles. The van der Waals surface area contributed by atoms with Crippen LogP contribution in [0.2, 0.25) is 0 Å². The molecule has 61 heavy (non-hydrogen) atoms. The van der Waals surface area contributed by atoms with E-state index in [9.17, 15) is 0 Å². The van der Waals surface area contributed by atoms with Crippen molar-refractivity contribution in [3.8, 4) is 77.9 Å². The van der Waals surface area contributed by atoms with Crippen LogP contribution in [0.1, 0.15) is 0 Å². The molecule has 0 aliphatic heterocycles. The molecule has 0 bridgehead atoms. The molecule has 0 unspecified atom stereocenters. The smallest absolute Gasteiger partial charge is 0.0540 e. The Morgan fingerprint density at radius 2 is 0.475 bits per heavy atom. The lowest BCUT2D eigenvalue weighted by Gasteiger charge is -2.28. The van der Waals surface area contributed by atoms with Gasteiger partial charge in [0.25, 0.3) is 0 Å². The molecule has 0 atom stereocenters. The van der Waals surface area contributed by atoms with Crippen LogP contribution >= 0.6 is 0 Å². The van der Waals surface area contributed by atoms with E-state index in [1.54, 1.807) is 0 Å². The number of benzene rings is 10. The van der Waals surface area contributed by atoms with E-state index >= 15 is 0 Å². The Kier molecular flexibility index (Phi) is 10.4. The zero-order valence-electron chi connectivity index (χ0n) is 33.8. The fourth-order valence-electron chi connectivity index (χ4n) is 8.35. The van der Waals surface area contributed by atoms with Gasteiger partial charge in [-0.05, 0) is 109 Å². The van der Waals surface area contributed by atoms with Crippen molar-refractivity contribution >= 4 is 17.1 Å². The van der Waals surface area contributed by atoms with E-state index < -0.39 is 0 Å². The average Bonchev–Trinajstić information content (AvgIpc) is 3.36. The molecule has 10 rings (SSSR count). The predicted octanol–water partition coefficient (Wildman–Crippen LogP) is 16.8. The Labute approximate surface area is 359 Å². The SMILES string of the molecule is c1ccc(-c2ccc(-c3ccc(N(c4ccc(-c5ccc(-c6ccccc6)c(-c6ccccc6)c5)cc4)c4ccccc4-c4ccc(-c5ccccc5)cc4)cc3)cc2)cc1.